The van der Waals surface area contributed by atoms with Crippen LogP contribution in [0, 0.1) is 5.82 Å². The summed E-state index contributed by atoms with van der Waals surface area (Å²) in [6.07, 6.45) is 0.476. The maximum absolute atomic E-state index is 12.9. The summed E-state index contributed by atoms with van der Waals surface area (Å²) in [4.78, 5) is 49.7. The molecule has 2 aromatic rings. The minimum absolute atomic E-state index is 0.202. The Morgan fingerprint density at radius 1 is 1.17 bits per heavy atom. The second kappa shape index (κ2) is 8.32. The van der Waals surface area contributed by atoms with Gasteiger partial charge in [-0.15, -0.1) is 0 Å². The van der Waals surface area contributed by atoms with Gasteiger partial charge in [-0.25, -0.2) is 9.18 Å². The van der Waals surface area contributed by atoms with Gasteiger partial charge in [0.25, 0.3) is 5.91 Å². The first-order chi connectivity index (χ1) is 14.2. The highest BCUT2D eigenvalue weighted by Crippen LogP contribution is 2.29. The minimum atomic E-state index is -1.42. The lowest BCUT2D eigenvalue weighted by Crippen LogP contribution is -2.43. The van der Waals surface area contributed by atoms with E-state index in [0.717, 1.165) is 10.5 Å². The molecule has 0 aliphatic carbocycles. The second-order valence-corrected chi connectivity index (χ2v) is 7.12. The maximum Gasteiger partial charge on any atom is 0.325 e. The number of nitrogens with zero attached hydrogens (tertiary/aromatic N) is 1. The molecule has 1 heterocycles. The fourth-order valence-corrected chi connectivity index (χ4v) is 3.22. The molecule has 1 aliphatic heterocycles. The van der Waals surface area contributed by atoms with Crippen molar-refractivity contribution in [2.75, 3.05) is 13.1 Å². The quantitative estimate of drug-likeness (QED) is 0.589. The average Bonchev–Trinajstić information content (AvgIpc) is 2.93. The van der Waals surface area contributed by atoms with Crippen molar-refractivity contribution in [1.29, 1.82) is 0 Å². The van der Waals surface area contributed by atoms with Gasteiger partial charge < -0.3 is 16.4 Å². The van der Waals surface area contributed by atoms with Gasteiger partial charge in [0.15, 0.2) is 0 Å². The number of amides is 5. The van der Waals surface area contributed by atoms with Crippen LogP contribution in [-0.2, 0) is 21.5 Å². The molecule has 1 aliphatic rings. The van der Waals surface area contributed by atoms with Crippen molar-refractivity contribution in [2.45, 2.75) is 18.9 Å². The van der Waals surface area contributed by atoms with Gasteiger partial charge in [-0.1, -0.05) is 24.3 Å². The predicted octanol–water partition coefficient (Wildman–Crippen LogP) is 1.05. The molecular formula is C21H21FN4O4. The summed E-state index contributed by atoms with van der Waals surface area (Å²) >= 11 is 0. The fourth-order valence-electron chi connectivity index (χ4n) is 3.22. The number of rotatable bonds is 7. The zero-order valence-electron chi connectivity index (χ0n) is 16.3. The van der Waals surface area contributed by atoms with Crippen LogP contribution in [0.3, 0.4) is 0 Å². The Kier molecular flexibility index (Phi) is 5.81. The number of hydrogen-bond acceptors (Lipinski definition) is 4. The van der Waals surface area contributed by atoms with Crippen molar-refractivity contribution in [1.82, 2.24) is 15.5 Å². The molecule has 5 amide bonds. The Morgan fingerprint density at radius 3 is 2.53 bits per heavy atom. The van der Waals surface area contributed by atoms with Crippen LogP contribution < -0.4 is 16.4 Å². The van der Waals surface area contributed by atoms with E-state index >= 15 is 0 Å². The maximum atomic E-state index is 12.9. The number of carbonyl (C=O) groups is 4. The number of halogens is 1. The van der Waals surface area contributed by atoms with E-state index in [1.54, 1.807) is 24.3 Å². The summed E-state index contributed by atoms with van der Waals surface area (Å²) in [6, 6.07) is 11.3. The predicted molar refractivity (Wildman–Crippen MR) is 106 cm³/mol. The number of urea groups is 1. The molecular weight excluding hydrogens is 391 g/mol. The highest BCUT2D eigenvalue weighted by atomic mass is 19.1. The first kappa shape index (κ1) is 21.0. The number of benzene rings is 2. The van der Waals surface area contributed by atoms with Gasteiger partial charge in [-0.2, -0.15) is 0 Å². The zero-order chi connectivity index (χ0) is 21.9. The second-order valence-electron chi connectivity index (χ2n) is 7.12. The van der Waals surface area contributed by atoms with E-state index in [4.69, 9.17) is 5.73 Å². The van der Waals surface area contributed by atoms with Crippen LogP contribution >= 0.6 is 0 Å². The molecule has 9 heteroatoms. The van der Waals surface area contributed by atoms with E-state index in [1.165, 1.54) is 31.2 Å². The van der Waals surface area contributed by atoms with Crippen LogP contribution in [0.5, 0.6) is 0 Å². The summed E-state index contributed by atoms with van der Waals surface area (Å²) < 4.78 is 12.9. The number of nitrogens with one attached hydrogen (secondary N) is 2. The van der Waals surface area contributed by atoms with Crippen LogP contribution in [0.1, 0.15) is 28.4 Å². The number of primary amides is 1. The highest BCUT2D eigenvalue weighted by Gasteiger charge is 2.49. The van der Waals surface area contributed by atoms with E-state index in [9.17, 15) is 23.6 Å². The summed E-state index contributed by atoms with van der Waals surface area (Å²) in [5.41, 5.74) is 5.29. The average molecular weight is 412 g/mol. The van der Waals surface area contributed by atoms with E-state index in [2.05, 4.69) is 10.6 Å². The van der Waals surface area contributed by atoms with Crippen molar-refractivity contribution >= 4 is 23.8 Å². The number of hydrogen-bond donors (Lipinski definition) is 3. The third-order valence-electron chi connectivity index (χ3n) is 4.95. The van der Waals surface area contributed by atoms with Crippen molar-refractivity contribution in [3.63, 3.8) is 0 Å². The Balaban J connectivity index is 1.63. The summed E-state index contributed by atoms with van der Waals surface area (Å²) in [6.45, 7) is 1.32. The van der Waals surface area contributed by atoms with Crippen LogP contribution in [0.4, 0.5) is 9.18 Å². The smallest absolute Gasteiger partial charge is 0.325 e. The van der Waals surface area contributed by atoms with Gasteiger partial charge in [0.2, 0.25) is 11.8 Å². The SMILES string of the molecule is CC1(c2cccc(C(N)=O)c2)NC(=O)N(CC(=O)NCCc2ccc(F)cc2)C1=O. The molecule has 8 nitrogen and oxygen atoms in total. The zero-order valence-corrected chi connectivity index (χ0v) is 16.3. The van der Waals surface area contributed by atoms with Gasteiger partial charge in [0.1, 0.15) is 17.9 Å². The van der Waals surface area contributed by atoms with E-state index in [0.29, 0.717) is 12.0 Å². The molecule has 0 bridgehead atoms. The van der Waals surface area contributed by atoms with Crippen molar-refractivity contribution in [3.05, 3.63) is 71.0 Å². The lowest BCUT2D eigenvalue weighted by Gasteiger charge is -2.22. The van der Waals surface area contributed by atoms with Gasteiger partial charge in [-0.05, 0) is 48.7 Å². The van der Waals surface area contributed by atoms with Crippen molar-refractivity contribution < 1.29 is 23.6 Å². The Morgan fingerprint density at radius 2 is 1.87 bits per heavy atom. The number of carbonyl (C=O) groups excluding carboxylic acids is 4. The van der Waals surface area contributed by atoms with Gasteiger partial charge in [0.05, 0.1) is 0 Å². The van der Waals surface area contributed by atoms with Crippen LogP contribution in [-0.4, -0.2) is 41.7 Å². The molecule has 156 valence electrons. The molecule has 0 aromatic heterocycles. The molecule has 1 atom stereocenters. The fraction of sp³-hybridized carbons (Fsp3) is 0.238. The molecule has 1 fully saturated rings. The molecule has 0 spiro atoms. The summed E-state index contributed by atoms with van der Waals surface area (Å²) in [5, 5.41) is 5.21. The molecule has 3 rings (SSSR count). The third-order valence-corrected chi connectivity index (χ3v) is 4.95. The van der Waals surface area contributed by atoms with Gasteiger partial charge >= 0.3 is 6.03 Å². The molecule has 0 radical (unpaired) electrons. The summed E-state index contributed by atoms with van der Waals surface area (Å²) in [5.74, 6) is -2.11. The Bertz CT molecular complexity index is 1010. The number of imide groups is 1. The normalized spacial score (nSPS) is 18.3. The minimum Gasteiger partial charge on any atom is -0.366 e. The Hall–Kier alpha value is -3.75. The van der Waals surface area contributed by atoms with Crippen molar-refractivity contribution in [2.24, 2.45) is 5.73 Å². The number of nitrogens with two attached hydrogens (primary N) is 1. The first-order valence-electron chi connectivity index (χ1n) is 9.26. The highest BCUT2D eigenvalue weighted by molar-refractivity contribution is 6.09. The largest absolute Gasteiger partial charge is 0.366 e. The standard InChI is InChI=1S/C21H21FN4O4/c1-21(15-4-2-3-14(11-15)18(23)28)19(29)26(20(30)25-21)12-17(27)24-10-9-13-5-7-16(22)8-6-13/h2-8,11H,9-10,12H2,1H3,(H2,23,28)(H,24,27)(H,25,30). The lowest BCUT2D eigenvalue weighted by atomic mass is 9.90. The first-order valence-corrected chi connectivity index (χ1v) is 9.26. The molecule has 30 heavy (non-hydrogen) atoms. The van der Waals surface area contributed by atoms with E-state index < -0.39 is 35.8 Å². The molecule has 1 unspecified atom stereocenters. The lowest BCUT2D eigenvalue weighted by molar-refractivity contribution is -0.134. The molecule has 1 saturated heterocycles. The third kappa shape index (κ3) is 4.29. The molecule has 2 aromatic carbocycles. The van der Waals surface area contributed by atoms with Crippen LogP contribution in [0.25, 0.3) is 0 Å². The Labute approximate surface area is 172 Å². The monoisotopic (exact) mass is 412 g/mol. The molecule has 0 saturated carbocycles. The van der Waals surface area contributed by atoms with Crippen LogP contribution in [0.2, 0.25) is 0 Å². The van der Waals surface area contributed by atoms with Crippen molar-refractivity contribution in [3.8, 4) is 0 Å². The topological polar surface area (TPSA) is 122 Å². The van der Waals surface area contributed by atoms with Crippen LogP contribution in [0.15, 0.2) is 48.5 Å². The molecule has 4 N–H and O–H groups in total. The van der Waals surface area contributed by atoms with E-state index in [-0.39, 0.29) is 17.9 Å². The summed E-state index contributed by atoms with van der Waals surface area (Å²) in [7, 11) is 0. The van der Waals surface area contributed by atoms with Gasteiger partial charge in [-0.3, -0.25) is 19.3 Å². The van der Waals surface area contributed by atoms with Gasteiger partial charge in [0, 0.05) is 12.1 Å². The van der Waals surface area contributed by atoms with E-state index in [1.807, 2.05) is 0 Å².